The Labute approximate surface area is 134 Å². The van der Waals surface area contributed by atoms with E-state index in [0.717, 1.165) is 11.1 Å². The van der Waals surface area contributed by atoms with Crippen LogP contribution >= 0.6 is 0 Å². The molecule has 0 N–H and O–H groups in total. The maximum Gasteiger partial charge on any atom is 0.269 e. The minimum absolute atomic E-state index is 0.0648. The van der Waals surface area contributed by atoms with Gasteiger partial charge in [-0.25, -0.2) is 0 Å². The van der Waals surface area contributed by atoms with Crippen molar-refractivity contribution in [2.45, 2.75) is 0 Å². The SMILES string of the molecule is COc1cc(/C=C/c2ccc([N+](=O)[O-])cc2)cc(OC)c1OC. The Morgan fingerprint density at radius 1 is 0.870 bits per heavy atom. The van der Waals surface area contributed by atoms with Gasteiger partial charge in [0.1, 0.15) is 0 Å². The summed E-state index contributed by atoms with van der Waals surface area (Å²) in [6, 6.07) is 9.95. The van der Waals surface area contributed by atoms with Crippen LogP contribution in [0.25, 0.3) is 12.2 Å². The van der Waals surface area contributed by atoms with Gasteiger partial charge >= 0.3 is 0 Å². The fourth-order valence-electron chi connectivity index (χ4n) is 2.10. The first-order valence-electron chi connectivity index (χ1n) is 6.81. The van der Waals surface area contributed by atoms with E-state index in [0.29, 0.717) is 17.2 Å². The van der Waals surface area contributed by atoms with E-state index < -0.39 is 4.92 Å². The molecule has 0 saturated heterocycles. The number of nitro groups is 1. The minimum atomic E-state index is -0.424. The van der Waals surface area contributed by atoms with Crippen molar-refractivity contribution in [2.24, 2.45) is 0 Å². The Kier molecular flexibility index (Phi) is 5.19. The quantitative estimate of drug-likeness (QED) is 0.461. The highest BCUT2D eigenvalue weighted by Gasteiger charge is 2.12. The largest absolute Gasteiger partial charge is 0.493 e. The standard InChI is InChI=1S/C17H17NO5/c1-21-15-10-13(11-16(22-2)17(15)23-3)5-4-12-6-8-14(9-7-12)18(19)20/h4-11H,1-3H3/b5-4+. The molecule has 2 rings (SSSR count). The van der Waals surface area contributed by atoms with Gasteiger partial charge in [-0.2, -0.15) is 0 Å². The van der Waals surface area contributed by atoms with Crippen LogP contribution in [0.2, 0.25) is 0 Å². The molecule has 2 aromatic rings. The molecule has 0 unspecified atom stereocenters. The first-order valence-corrected chi connectivity index (χ1v) is 6.81. The topological polar surface area (TPSA) is 70.8 Å². The van der Waals surface area contributed by atoms with Gasteiger partial charge in [0, 0.05) is 12.1 Å². The van der Waals surface area contributed by atoms with Crippen LogP contribution in [0.3, 0.4) is 0 Å². The fourth-order valence-corrected chi connectivity index (χ4v) is 2.10. The molecular weight excluding hydrogens is 298 g/mol. The summed E-state index contributed by atoms with van der Waals surface area (Å²) in [6.07, 6.45) is 3.72. The molecule has 6 nitrogen and oxygen atoms in total. The van der Waals surface area contributed by atoms with E-state index in [-0.39, 0.29) is 5.69 Å². The predicted molar refractivity (Wildman–Crippen MR) is 88.1 cm³/mol. The Morgan fingerprint density at radius 2 is 1.39 bits per heavy atom. The van der Waals surface area contributed by atoms with Crippen LogP contribution in [0.1, 0.15) is 11.1 Å². The molecule has 0 spiro atoms. The van der Waals surface area contributed by atoms with Crippen molar-refractivity contribution in [3.8, 4) is 17.2 Å². The third-order valence-electron chi connectivity index (χ3n) is 3.26. The number of rotatable bonds is 6. The Hall–Kier alpha value is -3.02. The Morgan fingerprint density at radius 3 is 1.83 bits per heavy atom. The molecule has 0 heterocycles. The molecule has 2 aromatic carbocycles. The molecular formula is C17H17NO5. The number of benzene rings is 2. The van der Waals surface area contributed by atoms with Gasteiger partial charge in [-0.1, -0.05) is 12.2 Å². The summed E-state index contributed by atoms with van der Waals surface area (Å²) >= 11 is 0. The average Bonchev–Trinajstić information content (AvgIpc) is 2.59. The molecule has 23 heavy (non-hydrogen) atoms. The van der Waals surface area contributed by atoms with Gasteiger partial charge in [0.05, 0.1) is 26.3 Å². The summed E-state index contributed by atoms with van der Waals surface area (Å²) in [5.41, 5.74) is 1.78. The number of non-ortho nitro benzene ring substituents is 1. The van der Waals surface area contributed by atoms with Crippen molar-refractivity contribution >= 4 is 17.8 Å². The van der Waals surface area contributed by atoms with Gasteiger partial charge in [-0.05, 0) is 35.4 Å². The second-order valence-corrected chi connectivity index (χ2v) is 4.64. The van der Waals surface area contributed by atoms with Crippen LogP contribution in [-0.2, 0) is 0 Å². The number of nitro benzene ring substituents is 1. The molecule has 6 heteroatoms. The van der Waals surface area contributed by atoms with E-state index >= 15 is 0 Å². The van der Waals surface area contributed by atoms with Gasteiger partial charge in [0.2, 0.25) is 5.75 Å². The van der Waals surface area contributed by atoms with Crippen molar-refractivity contribution in [1.29, 1.82) is 0 Å². The van der Waals surface area contributed by atoms with Crippen molar-refractivity contribution in [3.63, 3.8) is 0 Å². The molecule has 120 valence electrons. The van der Waals surface area contributed by atoms with Crippen molar-refractivity contribution in [2.75, 3.05) is 21.3 Å². The molecule has 0 aliphatic rings. The summed E-state index contributed by atoms with van der Waals surface area (Å²) in [5.74, 6) is 1.66. The van der Waals surface area contributed by atoms with E-state index in [9.17, 15) is 10.1 Å². The monoisotopic (exact) mass is 315 g/mol. The third kappa shape index (κ3) is 3.79. The zero-order valence-corrected chi connectivity index (χ0v) is 13.1. The molecule has 0 atom stereocenters. The van der Waals surface area contributed by atoms with Gasteiger partial charge < -0.3 is 14.2 Å². The number of ether oxygens (including phenoxy) is 3. The molecule has 0 aliphatic heterocycles. The zero-order valence-electron chi connectivity index (χ0n) is 13.1. The Bertz CT molecular complexity index is 697. The molecule has 0 fully saturated rings. The second-order valence-electron chi connectivity index (χ2n) is 4.64. The van der Waals surface area contributed by atoms with E-state index in [2.05, 4.69) is 0 Å². The van der Waals surface area contributed by atoms with Gasteiger partial charge in [0.15, 0.2) is 11.5 Å². The first-order chi connectivity index (χ1) is 11.1. The normalized spacial score (nSPS) is 10.6. The van der Waals surface area contributed by atoms with E-state index in [1.807, 2.05) is 24.3 Å². The lowest BCUT2D eigenvalue weighted by atomic mass is 10.1. The number of hydrogen-bond donors (Lipinski definition) is 0. The summed E-state index contributed by atoms with van der Waals surface area (Å²) in [7, 11) is 4.66. The van der Waals surface area contributed by atoms with Crippen LogP contribution in [0.5, 0.6) is 17.2 Å². The molecule has 0 aromatic heterocycles. The number of nitrogens with zero attached hydrogens (tertiary/aromatic N) is 1. The average molecular weight is 315 g/mol. The highest BCUT2D eigenvalue weighted by molar-refractivity contribution is 5.73. The first kappa shape index (κ1) is 16.4. The summed E-state index contributed by atoms with van der Waals surface area (Å²) in [4.78, 5) is 10.2. The maximum absolute atomic E-state index is 10.6. The molecule has 0 bridgehead atoms. The molecule has 0 amide bonds. The molecule has 0 aliphatic carbocycles. The van der Waals surface area contributed by atoms with Crippen molar-refractivity contribution < 1.29 is 19.1 Å². The maximum atomic E-state index is 10.6. The minimum Gasteiger partial charge on any atom is -0.493 e. The van der Waals surface area contributed by atoms with Crippen LogP contribution in [0.4, 0.5) is 5.69 Å². The lowest BCUT2D eigenvalue weighted by Gasteiger charge is -2.12. The van der Waals surface area contributed by atoms with Crippen LogP contribution in [-0.4, -0.2) is 26.3 Å². The van der Waals surface area contributed by atoms with Crippen molar-refractivity contribution in [1.82, 2.24) is 0 Å². The lowest BCUT2D eigenvalue weighted by molar-refractivity contribution is -0.384. The van der Waals surface area contributed by atoms with Crippen LogP contribution < -0.4 is 14.2 Å². The number of methoxy groups -OCH3 is 3. The highest BCUT2D eigenvalue weighted by atomic mass is 16.6. The lowest BCUT2D eigenvalue weighted by Crippen LogP contribution is -1.95. The van der Waals surface area contributed by atoms with Crippen LogP contribution in [0, 0.1) is 10.1 Å². The highest BCUT2D eigenvalue weighted by Crippen LogP contribution is 2.38. The summed E-state index contributed by atoms with van der Waals surface area (Å²) in [6.45, 7) is 0. The van der Waals surface area contributed by atoms with E-state index in [1.165, 1.54) is 12.1 Å². The smallest absolute Gasteiger partial charge is 0.269 e. The summed E-state index contributed by atoms with van der Waals surface area (Å²) in [5, 5.41) is 10.6. The van der Waals surface area contributed by atoms with Gasteiger partial charge in [0.25, 0.3) is 5.69 Å². The second kappa shape index (κ2) is 7.31. The fraction of sp³-hybridized carbons (Fsp3) is 0.176. The third-order valence-corrected chi connectivity index (χ3v) is 3.26. The van der Waals surface area contributed by atoms with E-state index in [1.54, 1.807) is 33.5 Å². The molecule has 0 radical (unpaired) electrons. The molecule has 0 saturated carbocycles. The van der Waals surface area contributed by atoms with Gasteiger partial charge in [-0.3, -0.25) is 10.1 Å². The summed E-state index contributed by atoms with van der Waals surface area (Å²) < 4.78 is 15.9. The predicted octanol–water partition coefficient (Wildman–Crippen LogP) is 3.79. The van der Waals surface area contributed by atoms with Gasteiger partial charge in [-0.15, -0.1) is 0 Å². The number of hydrogen-bond acceptors (Lipinski definition) is 5. The zero-order chi connectivity index (χ0) is 16.8. The van der Waals surface area contributed by atoms with Crippen LogP contribution in [0.15, 0.2) is 36.4 Å². The Balaban J connectivity index is 2.30. The van der Waals surface area contributed by atoms with E-state index in [4.69, 9.17) is 14.2 Å². The van der Waals surface area contributed by atoms with Crippen molar-refractivity contribution in [3.05, 3.63) is 57.6 Å².